The van der Waals surface area contributed by atoms with Crippen LogP contribution in [0, 0.1) is 27.5 Å². The second kappa shape index (κ2) is 25.3. The van der Waals surface area contributed by atoms with E-state index in [9.17, 15) is 19.5 Å². The van der Waals surface area contributed by atoms with Gasteiger partial charge in [-0.05, 0) is 146 Å². The first-order chi connectivity index (χ1) is 17.7. The second-order valence-corrected chi connectivity index (χ2v) is 11.7. The molecule has 2 radical (unpaired) electrons. The van der Waals surface area contributed by atoms with Gasteiger partial charge in [0.2, 0.25) is 0 Å². The Labute approximate surface area is 337 Å². The number of aliphatic carboxylic acids is 2. The van der Waals surface area contributed by atoms with Crippen molar-refractivity contribution in [3.8, 4) is 11.5 Å². The number of carboxylic acids is 2. The van der Waals surface area contributed by atoms with Crippen molar-refractivity contribution in [3.63, 3.8) is 0 Å². The van der Waals surface area contributed by atoms with Crippen molar-refractivity contribution in [3.05, 3.63) is 62.9 Å². The molecule has 0 atom stereocenters. The fraction of sp³-hybridized carbons (Fsp3) is 0.250. The van der Waals surface area contributed by atoms with Crippen molar-refractivity contribution < 1.29 is 114 Å². The minimum absolute atomic E-state index is 0. The summed E-state index contributed by atoms with van der Waals surface area (Å²) in [6.45, 7) is 2.35. The average molecular weight is 1160 g/mol. The fourth-order valence-corrected chi connectivity index (χ4v) is 6.65. The monoisotopic (exact) mass is 1160 g/mol. The number of methoxy groups -OCH3 is 1. The molecule has 0 aliphatic heterocycles. The Hall–Kier alpha value is 0.948. The zero-order valence-corrected chi connectivity index (χ0v) is 35.5. The summed E-state index contributed by atoms with van der Waals surface area (Å²) in [6.07, 6.45) is 1.43. The smallest absolute Gasteiger partial charge is 0.303 e. The summed E-state index contributed by atoms with van der Waals surface area (Å²) in [5.41, 5.74) is 1.98. The van der Waals surface area contributed by atoms with Gasteiger partial charge in [0.05, 0.1) is 21.4 Å². The van der Waals surface area contributed by atoms with E-state index in [0.29, 0.717) is 12.8 Å². The summed E-state index contributed by atoms with van der Waals surface area (Å²) >= 11 is 8.46. The first kappa shape index (κ1) is 45.4. The number of aromatic hydroxyl groups is 1. The van der Waals surface area contributed by atoms with Crippen molar-refractivity contribution >= 4 is 114 Å². The second-order valence-electron chi connectivity index (χ2n) is 7.08. The Morgan fingerprint density at radius 2 is 1.23 bits per heavy atom. The molecule has 10 nitrogen and oxygen atoms in total. The molecule has 16 heteroatoms. The molecule has 0 bridgehead atoms. The number of carboxylic acid groups (broad SMARTS) is 2. The first-order valence-electron chi connectivity index (χ1n) is 10.4. The molecule has 4 N–H and O–H groups in total. The van der Waals surface area contributed by atoms with Crippen LogP contribution in [0.4, 0.5) is 0 Å². The topological polar surface area (TPSA) is 168 Å². The van der Waals surface area contributed by atoms with Crippen LogP contribution in [0.2, 0.25) is 0 Å². The number of phenols is 1. The number of hydrogen-bond acceptors (Lipinski definition) is 8. The summed E-state index contributed by atoms with van der Waals surface area (Å²) in [5.74, 6) is -1.69. The number of ether oxygens (including phenoxy) is 2. The molecule has 2 aromatic rings. The molecule has 2 aromatic carbocycles. The number of aliphatic hydroxyl groups is 1. The number of rotatable bonds is 10. The third-order valence-electron chi connectivity index (χ3n) is 4.05. The summed E-state index contributed by atoms with van der Waals surface area (Å²) in [5, 5.41) is 32.8. The Bertz CT molecular complexity index is 1090. The number of phenolic OH excluding ortho intramolecular Hbond substituents is 1. The molecule has 0 unspecified atom stereocenters. The van der Waals surface area contributed by atoms with E-state index in [1.165, 1.54) is 6.92 Å². The molecule has 2 rings (SSSR count). The van der Waals surface area contributed by atoms with E-state index in [1.54, 1.807) is 19.2 Å². The van der Waals surface area contributed by atoms with Crippen LogP contribution < -0.4 is 4.74 Å². The Morgan fingerprint density at radius 3 is 1.57 bits per heavy atom. The van der Waals surface area contributed by atoms with Crippen LogP contribution in [0.3, 0.4) is 0 Å². The number of carbonyl (C=O) groups is 4. The Kier molecular flexibility index (Phi) is 28.7. The number of halogens is 4. The maximum Gasteiger partial charge on any atom is 0.303 e. The molecule has 0 saturated carbocycles. The Morgan fingerprint density at radius 1 is 0.825 bits per heavy atom. The van der Waals surface area contributed by atoms with E-state index in [2.05, 4.69) is 49.9 Å². The third-order valence-corrected chi connectivity index (χ3v) is 7.30. The SMILES string of the molecule is COc1c(I)cc(CCC(=O)O[CH-]C(C)=O)cc1I.O=C(O)CCc1cc(I)c(O)c(I)c1.O=C(O)[CH-]O.[Y].[Y]. The predicted octanol–water partition coefficient (Wildman–Crippen LogP) is 5.35. The number of aryl methyl sites for hydroxylation is 2. The van der Waals surface area contributed by atoms with Crippen molar-refractivity contribution in [1.82, 2.24) is 0 Å². The molecule has 40 heavy (non-hydrogen) atoms. The van der Waals surface area contributed by atoms with Crippen molar-refractivity contribution in [2.45, 2.75) is 32.6 Å². The third kappa shape index (κ3) is 20.8. The van der Waals surface area contributed by atoms with Gasteiger partial charge in [0.15, 0.2) is 5.97 Å². The molecular formula is C24H24I4O10Y2-2. The van der Waals surface area contributed by atoms with Crippen LogP contribution in [0.25, 0.3) is 0 Å². The largest absolute Gasteiger partial charge is 0.611 e. The van der Waals surface area contributed by atoms with Crippen LogP contribution in [-0.2, 0) is 102 Å². The van der Waals surface area contributed by atoms with Crippen LogP contribution in [0.15, 0.2) is 24.3 Å². The molecule has 0 aliphatic carbocycles. The van der Waals surface area contributed by atoms with Gasteiger partial charge in [-0.25, -0.2) is 0 Å². The van der Waals surface area contributed by atoms with E-state index in [0.717, 1.165) is 37.8 Å². The molecule has 0 amide bonds. The fourth-order valence-electron chi connectivity index (χ4n) is 2.42. The van der Waals surface area contributed by atoms with E-state index in [1.807, 2.05) is 57.3 Å². The van der Waals surface area contributed by atoms with Crippen LogP contribution in [0.5, 0.6) is 11.5 Å². The molecule has 216 valence electrons. The average Bonchev–Trinajstić information content (AvgIpc) is 2.84. The zero-order chi connectivity index (χ0) is 29.4. The minimum Gasteiger partial charge on any atom is -0.611 e. The molecule has 0 spiro atoms. The first-order valence-corrected chi connectivity index (χ1v) is 14.7. The molecule has 0 aromatic heterocycles. The number of ketones is 1. The summed E-state index contributed by atoms with van der Waals surface area (Å²) in [4.78, 5) is 41.4. The number of hydrogen-bond donors (Lipinski definition) is 4. The quantitative estimate of drug-likeness (QED) is 0.139. The van der Waals surface area contributed by atoms with Gasteiger partial charge in [0.1, 0.15) is 11.5 Å². The normalized spacial score (nSPS) is 9.07. The Balaban J connectivity index is -0.000000576. The number of aliphatic hydroxyl groups excluding tert-OH is 1. The summed E-state index contributed by atoms with van der Waals surface area (Å²) in [6, 6.07) is 7.56. The van der Waals surface area contributed by atoms with Gasteiger partial charge in [-0.2, -0.15) is 13.2 Å². The van der Waals surface area contributed by atoms with E-state index >= 15 is 0 Å². The van der Waals surface area contributed by atoms with E-state index in [-0.39, 0.29) is 96.4 Å². The summed E-state index contributed by atoms with van der Waals surface area (Å²) < 4.78 is 13.5. The van der Waals surface area contributed by atoms with Gasteiger partial charge in [-0.1, -0.05) is 0 Å². The maximum atomic E-state index is 11.4. The number of Topliss-reactive ketones (excluding diaryl/α,β-unsaturated/α-hetero) is 1. The van der Waals surface area contributed by atoms with Gasteiger partial charge >= 0.3 is 5.97 Å². The molecular weight excluding hydrogens is 1130 g/mol. The number of esters is 1. The molecule has 0 heterocycles. The molecule has 0 fully saturated rings. The van der Waals surface area contributed by atoms with Gasteiger partial charge in [0, 0.05) is 84.0 Å². The van der Waals surface area contributed by atoms with Gasteiger partial charge < -0.3 is 34.7 Å². The maximum absolute atomic E-state index is 11.4. The number of carbonyl (C=O) groups excluding carboxylic acids is 2. The van der Waals surface area contributed by atoms with Gasteiger partial charge in [-0.15, -0.1) is 0 Å². The van der Waals surface area contributed by atoms with Crippen LogP contribution in [-0.4, -0.2) is 51.2 Å². The molecule has 0 aliphatic rings. The van der Waals surface area contributed by atoms with Crippen LogP contribution >= 0.6 is 90.4 Å². The minimum atomic E-state index is -1.31. The van der Waals surface area contributed by atoms with Gasteiger partial charge in [-0.3, -0.25) is 14.4 Å². The van der Waals surface area contributed by atoms with E-state index in [4.69, 9.17) is 24.9 Å². The van der Waals surface area contributed by atoms with Crippen molar-refractivity contribution in [2.75, 3.05) is 7.11 Å². The number of benzene rings is 2. The van der Waals surface area contributed by atoms with Gasteiger partial charge in [0.25, 0.3) is 5.97 Å². The predicted molar refractivity (Wildman–Crippen MR) is 171 cm³/mol. The standard InChI is InChI=1S/C13H13I2O4.C9H8I2O3.C2H3O3.2Y/c1-8(16)7-19-12(17)4-3-9-5-10(14)13(18-2)11(15)6-9;10-6-3-5(1-2-8(12)13)4-7(11)9(6)14;3-1-2(4)5;;/h5-7H,3-4H2,1-2H3;3-4,14H,1-2H2,(H,12,13);1,3H,(H,4,5);;/q-1;;-1;;. The molecule has 0 saturated heterocycles. The van der Waals surface area contributed by atoms with Crippen molar-refractivity contribution in [2.24, 2.45) is 0 Å². The van der Waals surface area contributed by atoms with E-state index < -0.39 is 17.9 Å². The van der Waals surface area contributed by atoms with Crippen LogP contribution in [0.1, 0.15) is 30.9 Å². The zero-order valence-electron chi connectivity index (χ0n) is 21.2. The summed E-state index contributed by atoms with van der Waals surface area (Å²) in [7, 11) is 1.63. The van der Waals surface area contributed by atoms with Crippen molar-refractivity contribution in [1.29, 1.82) is 0 Å².